The van der Waals surface area contributed by atoms with Gasteiger partial charge in [0, 0.05) is 18.0 Å². The number of aromatic nitrogens is 3. The first-order valence-electron chi connectivity index (χ1n) is 8.31. The molecule has 1 aliphatic rings. The van der Waals surface area contributed by atoms with Crippen molar-refractivity contribution >= 4 is 45.0 Å². The third-order valence-electron chi connectivity index (χ3n) is 3.97. The number of aliphatic imine (C=N–C) groups is 1. The van der Waals surface area contributed by atoms with E-state index in [-0.39, 0.29) is 6.61 Å². The van der Waals surface area contributed by atoms with Crippen LogP contribution in [0.2, 0.25) is 0 Å². The highest BCUT2D eigenvalue weighted by atomic mass is 32.1. The highest BCUT2D eigenvalue weighted by Crippen LogP contribution is 2.29. The van der Waals surface area contributed by atoms with Gasteiger partial charge in [0.15, 0.2) is 5.82 Å². The Balaban J connectivity index is 1.58. The van der Waals surface area contributed by atoms with E-state index in [2.05, 4.69) is 25.9 Å². The standard InChI is InChI=1S/C17H18N8OS/c18-7-11(8-19-5-6-26)13-3-4-14-16(22-13)25(24-23-14)9-12-1-2-15-17(21-12)27-10-20-15/h1-4,7-8,10,23-24,26H,5-6,9,18H2. The normalized spacial score (nSPS) is 14.1. The molecule has 4 rings (SSSR count). The lowest BCUT2D eigenvalue weighted by molar-refractivity contribution is 0.307. The van der Waals surface area contributed by atoms with Gasteiger partial charge in [-0.15, -0.1) is 16.9 Å². The van der Waals surface area contributed by atoms with E-state index in [1.807, 2.05) is 29.3 Å². The van der Waals surface area contributed by atoms with Crippen LogP contribution in [0.4, 0.5) is 11.5 Å². The van der Waals surface area contributed by atoms with Crippen molar-refractivity contribution in [1.29, 1.82) is 0 Å². The van der Waals surface area contributed by atoms with Crippen molar-refractivity contribution in [2.24, 2.45) is 10.7 Å². The second-order valence-electron chi connectivity index (χ2n) is 5.75. The molecule has 3 aromatic rings. The second-order valence-corrected chi connectivity index (χ2v) is 6.58. The first-order chi connectivity index (χ1) is 13.3. The van der Waals surface area contributed by atoms with Crippen LogP contribution in [0.5, 0.6) is 0 Å². The fraction of sp³-hybridized carbons (Fsp3) is 0.176. The van der Waals surface area contributed by atoms with Crippen LogP contribution in [0, 0.1) is 0 Å². The number of rotatable bonds is 6. The number of nitrogens with one attached hydrogen (secondary N) is 2. The van der Waals surface area contributed by atoms with Gasteiger partial charge >= 0.3 is 0 Å². The molecule has 0 aliphatic carbocycles. The van der Waals surface area contributed by atoms with Crippen LogP contribution in [-0.2, 0) is 6.54 Å². The summed E-state index contributed by atoms with van der Waals surface area (Å²) in [5, 5.41) is 10.7. The zero-order chi connectivity index (χ0) is 18.6. The van der Waals surface area contributed by atoms with Crippen molar-refractivity contribution in [3.63, 3.8) is 0 Å². The molecule has 0 saturated heterocycles. The summed E-state index contributed by atoms with van der Waals surface area (Å²) < 4.78 is 0. The maximum absolute atomic E-state index is 8.86. The summed E-state index contributed by atoms with van der Waals surface area (Å²) in [6.45, 7) is 0.846. The number of aliphatic hydroxyl groups is 1. The van der Waals surface area contributed by atoms with E-state index >= 15 is 0 Å². The number of thiazole rings is 1. The Hall–Kier alpha value is -3.08. The Kier molecular flexibility index (Phi) is 4.92. The molecule has 0 amide bonds. The van der Waals surface area contributed by atoms with Crippen LogP contribution in [0.3, 0.4) is 0 Å². The SMILES string of the molecule is NC=C(C=NCCO)c1ccc2c(n1)N(Cc1ccc3ncsc3n1)NN2. The Labute approximate surface area is 159 Å². The number of allylic oxidation sites excluding steroid dienone is 1. The van der Waals surface area contributed by atoms with Crippen molar-refractivity contribution < 1.29 is 5.11 Å². The average Bonchev–Trinajstić information content (AvgIpc) is 3.32. The van der Waals surface area contributed by atoms with E-state index in [0.717, 1.165) is 27.5 Å². The van der Waals surface area contributed by atoms with Crippen LogP contribution in [-0.4, -0.2) is 39.4 Å². The Morgan fingerprint density at radius 3 is 3.07 bits per heavy atom. The topological polar surface area (TPSA) is 125 Å². The molecule has 0 radical (unpaired) electrons. The molecule has 5 N–H and O–H groups in total. The van der Waals surface area contributed by atoms with Crippen LogP contribution in [0.15, 0.2) is 41.0 Å². The number of hydrogen-bond donors (Lipinski definition) is 4. The Bertz CT molecular complexity index is 1020. The van der Waals surface area contributed by atoms with Gasteiger partial charge in [0.25, 0.3) is 0 Å². The quantitative estimate of drug-likeness (QED) is 0.470. The van der Waals surface area contributed by atoms with Crippen molar-refractivity contribution in [3.05, 3.63) is 47.4 Å². The molecule has 0 bridgehead atoms. The van der Waals surface area contributed by atoms with Crippen LogP contribution < -0.4 is 21.7 Å². The van der Waals surface area contributed by atoms with Crippen molar-refractivity contribution in [2.45, 2.75) is 6.54 Å². The Morgan fingerprint density at radius 2 is 2.22 bits per heavy atom. The maximum atomic E-state index is 8.86. The lowest BCUT2D eigenvalue weighted by atomic mass is 10.2. The van der Waals surface area contributed by atoms with Crippen LogP contribution in [0.25, 0.3) is 15.9 Å². The molecule has 10 heteroatoms. The fourth-order valence-electron chi connectivity index (χ4n) is 2.66. The van der Waals surface area contributed by atoms with E-state index < -0.39 is 0 Å². The lowest BCUT2D eigenvalue weighted by Crippen LogP contribution is -2.36. The van der Waals surface area contributed by atoms with Crippen LogP contribution in [0.1, 0.15) is 11.4 Å². The van der Waals surface area contributed by atoms with Gasteiger partial charge < -0.3 is 16.3 Å². The van der Waals surface area contributed by atoms with E-state index in [1.54, 1.807) is 11.7 Å². The number of aliphatic hydroxyl groups excluding tert-OH is 1. The summed E-state index contributed by atoms with van der Waals surface area (Å²) in [6, 6.07) is 7.71. The summed E-state index contributed by atoms with van der Waals surface area (Å²) in [5.74, 6) is 0.744. The number of nitrogens with two attached hydrogens (primary N) is 1. The fourth-order valence-corrected chi connectivity index (χ4v) is 3.34. The molecule has 1 aliphatic heterocycles. The molecular formula is C17H18N8OS. The van der Waals surface area contributed by atoms with Gasteiger partial charge in [0.1, 0.15) is 4.83 Å². The number of nitrogens with zero attached hydrogens (tertiary/aromatic N) is 5. The number of hydrogen-bond acceptors (Lipinski definition) is 10. The van der Waals surface area contributed by atoms with Gasteiger partial charge in [0.2, 0.25) is 0 Å². The minimum atomic E-state index is -0.00924. The molecule has 3 aromatic heterocycles. The lowest BCUT2D eigenvalue weighted by Gasteiger charge is -2.16. The molecule has 138 valence electrons. The first kappa shape index (κ1) is 17.3. The number of anilines is 2. The summed E-state index contributed by atoms with van der Waals surface area (Å²) >= 11 is 1.52. The molecule has 0 saturated carbocycles. The summed E-state index contributed by atoms with van der Waals surface area (Å²) in [6.07, 6.45) is 3.07. The molecule has 4 heterocycles. The predicted octanol–water partition coefficient (Wildman–Crippen LogP) is 1.30. The smallest absolute Gasteiger partial charge is 0.170 e. The minimum absolute atomic E-state index is 0.00924. The summed E-state index contributed by atoms with van der Waals surface area (Å²) in [5.41, 5.74) is 17.7. The molecule has 9 nitrogen and oxygen atoms in total. The highest BCUT2D eigenvalue weighted by Gasteiger charge is 2.22. The van der Waals surface area contributed by atoms with Gasteiger partial charge in [-0.1, -0.05) is 0 Å². The van der Waals surface area contributed by atoms with E-state index in [9.17, 15) is 0 Å². The summed E-state index contributed by atoms with van der Waals surface area (Å²) in [7, 11) is 0. The Morgan fingerprint density at radius 1 is 1.30 bits per heavy atom. The summed E-state index contributed by atoms with van der Waals surface area (Å²) in [4.78, 5) is 18.6. The predicted molar refractivity (Wildman–Crippen MR) is 107 cm³/mol. The zero-order valence-electron chi connectivity index (χ0n) is 14.3. The second kappa shape index (κ2) is 7.66. The molecule has 0 spiro atoms. The van der Waals surface area contributed by atoms with Crippen LogP contribution >= 0.6 is 11.3 Å². The monoisotopic (exact) mass is 382 g/mol. The van der Waals surface area contributed by atoms with Gasteiger partial charge in [-0.25, -0.2) is 15.0 Å². The number of fused-ring (bicyclic) bond motifs is 2. The third kappa shape index (κ3) is 3.58. The van der Waals surface area contributed by atoms with E-state index in [4.69, 9.17) is 15.8 Å². The molecular weight excluding hydrogens is 364 g/mol. The average molecular weight is 382 g/mol. The molecule has 27 heavy (non-hydrogen) atoms. The third-order valence-corrected chi connectivity index (χ3v) is 4.70. The van der Waals surface area contributed by atoms with Gasteiger partial charge in [-0.3, -0.25) is 10.0 Å². The minimum Gasteiger partial charge on any atom is -0.404 e. The molecule has 0 atom stereocenters. The molecule has 0 fully saturated rings. The number of pyridine rings is 2. The largest absolute Gasteiger partial charge is 0.404 e. The van der Waals surface area contributed by atoms with Gasteiger partial charge in [-0.2, -0.15) is 0 Å². The van der Waals surface area contributed by atoms with E-state index in [1.165, 1.54) is 17.5 Å². The van der Waals surface area contributed by atoms with Crippen molar-refractivity contribution in [3.8, 4) is 0 Å². The first-order valence-corrected chi connectivity index (χ1v) is 9.19. The highest BCUT2D eigenvalue weighted by molar-refractivity contribution is 7.16. The van der Waals surface area contributed by atoms with E-state index in [0.29, 0.717) is 24.4 Å². The molecule has 0 aromatic carbocycles. The van der Waals surface area contributed by atoms with Gasteiger partial charge in [0.05, 0.1) is 47.8 Å². The number of hydrazine groups is 2. The molecule has 0 unspecified atom stereocenters. The van der Waals surface area contributed by atoms with Crippen molar-refractivity contribution in [2.75, 3.05) is 23.6 Å². The van der Waals surface area contributed by atoms with Gasteiger partial charge in [-0.05, 0) is 24.3 Å². The zero-order valence-corrected chi connectivity index (χ0v) is 15.1. The maximum Gasteiger partial charge on any atom is 0.170 e. The van der Waals surface area contributed by atoms with Crippen molar-refractivity contribution in [1.82, 2.24) is 20.5 Å².